The van der Waals surface area contributed by atoms with Crippen LogP contribution in [0.25, 0.3) is 104 Å². The number of hydrogen-bond acceptors (Lipinski definition) is 4. The van der Waals surface area contributed by atoms with Crippen LogP contribution in [0.3, 0.4) is 0 Å². The fraction of sp³-hybridized carbons (Fsp3) is 0.0141. The fourth-order valence-electron chi connectivity index (χ4n) is 12.8. The van der Waals surface area contributed by atoms with Crippen LogP contribution in [0, 0.1) is 0 Å². The number of hydrogen-bond donors (Lipinski definition) is 0. The van der Waals surface area contributed by atoms with E-state index in [0.29, 0.717) is 5.95 Å². The lowest BCUT2D eigenvalue weighted by atomic mass is 9.64. The predicted octanol–water partition coefficient (Wildman–Crippen LogP) is 18.8. The molecule has 2 aliphatic rings. The largest absolute Gasteiger partial charge is 0.309 e. The maximum Gasteiger partial charge on any atom is 0.235 e. The van der Waals surface area contributed by atoms with Crippen molar-refractivity contribution in [3.63, 3.8) is 0 Å². The van der Waals surface area contributed by atoms with Crippen LogP contribution in [0.1, 0.15) is 22.3 Å². The summed E-state index contributed by atoms with van der Waals surface area (Å²) >= 11 is 1.88. The van der Waals surface area contributed by atoms with Crippen LogP contribution in [0.15, 0.2) is 267 Å². The minimum atomic E-state index is -0.670. The van der Waals surface area contributed by atoms with Gasteiger partial charge in [-0.25, -0.2) is 9.97 Å². The number of benzene rings is 11. The molecule has 1 aliphatic heterocycles. The number of nitrogens with zero attached hydrogens (tertiary/aromatic N) is 4. The molecule has 0 bridgehead atoms. The average molecular weight is 985 g/mol. The smallest absolute Gasteiger partial charge is 0.235 e. The van der Waals surface area contributed by atoms with Gasteiger partial charge in [-0.3, -0.25) is 4.90 Å². The summed E-state index contributed by atoms with van der Waals surface area (Å²) in [5.74, 6) is 0.614. The Labute approximate surface area is 443 Å². The normalized spacial score (nSPS) is 14.3. The van der Waals surface area contributed by atoms with Crippen molar-refractivity contribution in [3.05, 3.63) is 289 Å². The third-order valence-corrected chi connectivity index (χ3v) is 17.2. The molecule has 0 amide bonds. The average Bonchev–Trinajstić information content (AvgIpc) is 4.34. The number of aromatic nitrogens is 3. The fourth-order valence-corrected chi connectivity index (χ4v) is 13.9. The van der Waals surface area contributed by atoms with Gasteiger partial charge in [0.1, 0.15) is 0 Å². The Balaban J connectivity index is 0.958. The zero-order valence-electron chi connectivity index (χ0n) is 41.1. The molecule has 0 N–H and O–H groups in total. The van der Waals surface area contributed by atoms with Crippen LogP contribution < -0.4 is 4.90 Å². The first-order chi connectivity index (χ1) is 37.7. The highest BCUT2D eigenvalue weighted by Gasteiger charge is 2.52. The quantitative estimate of drug-likeness (QED) is 0.166. The molecule has 1 unspecified atom stereocenters. The van der Waals surface area contributed by atoms with Crippen LogP contribution in [-0.2, 0) is 5.41 Å². The first kappa shape index (κ1) is 42.8. The number of thiophene rings is 1. The topological polar surface area (TPSA) is 34.0 Å². The Bertz CT molecular complexity index is 4580. The lowest BCUT2D eigenvalue weighted by Gasteiger charge is -2.44. The van der Waals surface area contributed by atoms with Gasteiger partial charge in [-0.05, 0) is 116 Å². The number of para-hydroxylation sites is 2. The van der Waals surface area contributed by atoms with Crippen molar-refractivity contribution < 1.29 is 0 Å². The second-order valence-electron chi connectivity index (χ2n) is 20.0. The van der Waals surface area contributed by atoms with Crippen molar-refractivity contribution in [1.29, 1.82) is 0 Å². The molecule has 0 fully saturated rings. The van der Waals surface area contributed by atoms with Crippen molar-refractivity contribution in [2.75, 3.05) is 4.90 Å². The van der Waals surface area contributed by atoms with Gasteiger partial charge in [-0.1, -0.05) is 206 Å². The van der Waals surface area contributed by atoms with E-state index in [0.717, 1.165) is 56.2 Å². The van der Waals surface area contributed by atoms with E-state index >= 15 is 0 Å². The van der Waals surface area contributed by atoms with Gasteiger partial charge in [0.05, 0.1) is 39.2 Å². The predicted molar refractivity (Wildman–Crippen MR) is 317 cm³/mol. The van der Waals surface area contributed by atoms with Gasteiger partial charge in [0.25, 0.3) is 0 Å². The van der Waals surface area contributed by atoms with Crippen molar-refractivity contribution in [1.82, 2.24) is 14.5 Å². The molecule has 16 rings (SSSR count). The van der Waals surface area contributed by atoms with Gasteiger partial charge in [0.15, 0.2) is 0 Å². The Hall–Kier alpha value is -9.68. The van der Waals surface area contributed by atoms with Crippen LogP contribution in [0.2, 0.25) is 0 Å². The molecule has 0 radical (unpaired) electrons. The monoisotopic (exact) mass is 984 g/mol. The third kappa shape index (κ3) is 6.24. The van der Waals surface area contributed by atoms with Crippen LogP contribution in [0.4, 0.5) is 17.3 Å². The Morgan fingerprint density at radius 3 is 1.66 bits per heavy atom. The summed E-state index contributed by atoms with van der Waals surface area (Å²) in [6, 6.07) is 97.5. The molecule has 5 heteroatoms. The van der Waals surface area contributed by atoms with E-state index in [1.165, 1.54) is 81.0 Å². The first-order valence-corrected chi connectivity index (χ1v) is 26.8. The Morgan fingerprint density at radius 2 is 0.895 bits per heavy atom. The zero-order valence-corrected chi connectivity index (χ0v) is 41.9. The first-order valence-electron chi connectivity index (χ1n) is 26.0. The Kier molecular flexibility index (Phi) is 9.39. The summed E-state index contributed by atoms with van der Waals surface area (Å²) in [5.41, 5.74) is 20.9. The second-order valence-corrected chi connectivity index (χ2v) is 21.1. The van der Waals surface area contributed by atoms with E-state index in [1.54, 1.807) is 0 Å². The van der Waals surface area contributed by atoms with Crippen LogP contribution in [-0.4, -0.2) is 14.5 Å². The molecule has 354 valence electrons. The van der Waals surface area contributed by atoms with Crippen molar-refractivity contribution >= 4 is 70.6 Å². The highest BCUT2D eigenvalue weighted by Crippen LogP contribution is 2.65. The zero-order chi connectivity index (χ0) is 49.9. The maximum atomic E-state index is 5.57. The molecular weight excluding hydrogens is 941 g/mol. The lowest BCUT2D eigenvalue weighted by Crippen LogP contribution is -2.36. The lowest BCUT2D eigenvalue weighted by molar-refractivity contribution is 0.750. The van der Waals surface area contributed by atoms with Crippen LogP contribution in [0.5, 0.6) is 0 Å². The van der Waals surface area contributed by atoms with Gasteiger partial charge < -0.3 is 4.57 Å². The van der Waals surface area contributed by atoms with Crippen LogP contribution >= 0.6 is 11.3 Å². The number of anilines is 3. The van der Waals surface area contributed by atoms with Gasteiger partial charge in [0, 0.05) is 47.8 Å². The highest BCUT2D eigenvalue weighted by atomic mass is 32.1. The molecular formula is C71H44N4S. The standard InChI is InChI=1S/C71H44N4S/c1-4-18-45(19-5-1)46-32-36-51(37-33-46)74-62-29-15-11-24-52(62)55-42-49(35-40-63(55)74)50-34-38-58-65(43-50)75(70-72-60(47-20-6-2-7-21-47)44-61(73-70)48-22-8-3-9-23-48)64-30-16-14-28-57(64)71(58)56-27-13-10-25-53(56)68-59(71)39-41-67-69(68)54-26-12-17-31-66(54)76-67/h1-44H. The Morgan fingerprint density at radius 1 is 0.342 bits per heavy atom. The van der Waals surface area contributed by atoms with Gasteiger partial charge in [-0.2, -0.15) is 0 Å². The molecule has 0 saturated heterocycles. The van der Waals surface area contributed by atoms with Gasteiger partial charge in [0.2, 0.25) is 5.95 Å². The summed E-state index contributed by atoms with van der Waals surface area (Å²) in [6.07, 6.45) is 0. The van der Waals surface area contributed by atoms with Crippen molar-refractivity contribution in [2.45, 2.75) is 5.41 Å². The molecule has 0 saturated carbocycles. The number of fused-ring (bicyclic) bond motifs is 16. The molecule has 3 aromatic heterocycles. The van der Waals surface area contributed by atoms with E-state index in [2.05, 4.69) is 276 Å². The SMILES string of the molecule is c1ccc(-c2ccc(-n3c4ccccc4c4cc(-c5ccc6c(c5)N(c5nc(-c7ccccc7)cc(-c7ccccc7)n5)c5ccccc5C65c6ccccc6-c6c5ccc5sc7ccccc7c65)ccc43)cc2)cc1. The minimum Gasteiger partial charge on any atom is -0.309 e. The highest BCUT2D eigenvalue weighted by molar-refractivity contribution is 7.26. The molecule has 1 spiro atoms. The molecule has 4 heterocycles. The summed E-state index contributed by atoms with van der Waals surface area (Å²) in [4.78, 5) is 13.5. The van der Waals surface area contributed by atoms with E-state index in [1.807, 2.05) is 11.3 Å². The minimum absolute atomic E-state index is 0.614. The van der Waals surface area contributed by atoms with Crippen molar-refractivity contribution in [3.8, 4) is 61.6 Å². The van der Waals surface area contributed by atoms with Gasteiger partial charge in [-0.15, -0.1) is 11.3 Å². The van der Waals surface area contributed by atoms with E-state index in [9.17, 15) is 0 Å². The second kappa shape index (κ2) is 16.7. The summed E-state index contributed by atoms with van der Waals surface area (Å²) in [6.45, 7) is 0. The van der Waals surface area contributed by atoms with Gasteiger partial charge >= 0.3 is 0 Å². The molecule has 1 atom stereocenters. The third-order valence-electron chi connectivity index (χ3n) is 16.0. The molecule has 14 aromatic rings. The molecule has 76 heavy (non-hydrogen) atoms. The molecule has 11 aromatic carbocycles. The van der Waals surface area contributed by atoms with E-state index in [-0.39, 0.29) is 0 Å². The molecule has 4 nitrogen and oxygen atoms in total. The van der Waals surface area contributed by atoms with E-state index in [4.69, 9.17) is 9.97 Å². The summed E-state index contributed by atoms with van der Waals surface area (Å²) in [5, 5.41) is 5.04. The number of rotatable bonds is 6. The van der Waals surface area contributed by atoms with Crippen molar-refractivity contribution in [2.24, 2.45) is 0 Å². The molecule has 1 aliphatic carbocycles. The maximum absolute atomic E-state index is 5.57. The summed E-state index contributed by atoms with van der Waals surface area (Å²) in [7, 11) is 0. The summed E-state index contributed by atoms with van der Waals surface area (Å²) < 4.78 is 5.01. The van der Waals surface area contributed by atoms with E-state index < -0.39 is 5.41 Å².